The zero-order chi connectivity index (χ0) is 18.8. The molecule has 140 valence electrons. The fraction of sp³-hybridized carbons (Fsp3) is 0.316. The van der Waals surface area contributed by atoms with Crippen LogP contribution in [-0.4, -0.2) is 33.4 Å². The van der Waals surface area contributed by atoms with Gasteiger partial charge in [-0.25, -0.2) is 4.39 Å². The molecule has 1 fully saturated rings. The molecular formula is C19H19FN4O3. The maximum Gasteiger partial charge on any atom is 0.274 e. The van der Waals surface area contributed by atoms with Crippen molar-refractivity contribution in [3.8, 4) is 0 Å². The van der Waals surface area contributed by atoms with Gasteiger partial charge in [-0.05, 0) is 37.5 Å². The van der Waals surface area contributed by atoms with Crippen molar-refractivity contribution in [2.75, 3.05) is 11.9 Å². The number of carbonyl (C=O) groups is 1. The van der Waals surface area contributed by atoms with E-state index in [1.165, 1.54) is 24.4 Å². The predicted octanol–water partition coefficient (Wildman–Crippen LogP) is 2.69. The Morgan fingerprint density at radius 2 is 2.22 bits per heavy atom. The first-order valence-corrected chi connectivity index (χ1v) is 8.88. The average molecular weight is 370 g/mol. The van der Waals surface area contributed by atoms with Gasteiger partial charge in [0, 0.05) is 36.0 Å². The van der Waals surface area contributed by atoms with Crippen molar-refractivity contribution in [3.63, 3.8) is 0 Å². The van der Waals surface area contributed by atoms with Crippen molar-refractivity contribution in [2.45, 2.75) is 31.9 Å². The number of aromatic nitrogens is 3. The Bertz CT molecular complexity index is 1040. The first-order valence-electron chi connectivity index (χ1n) is 8.88. The molecule has 0 aliphatic carbocycles. The maximum atomic E-state index is 13.6. The molecule has 0 spiro atoms. The fourth-order valence-corrected chi connectivity index (χ4v) is 3.34. The summed E-state index contributed by atoms with van der Waals surface area (Å²) < 4.78 is 20.9. The van der Waals surface area contributed by atoms with E-state index in [4.69, 9.17) is 4.74 Å². The molecule has 27 heavy (non-hydrogen) atoms. The second-order valence-electron chi connectivity index (χ2n) is 6.58. The predicted molar refractivity (Wildman–Crippen MR) is 98.3 cm³/mol. The summed E-state index contributed by atoms with van der Waals surface area (Å²) in [5.41, 5.74) is 0.783. The minimum Gasteiger partial charge on any atom is -0.376 e. The molecule has 0 saturated carbocycles. The number of ether oxygens (including phenoxy) is 1. The standard InChI is InChI=1S/C19H19FN4O3/c20-12-4-5-15-16(9-12)23-24(11-14-3-1-2-8-27-14)18(15)19(26)22-13-6-7-21-17(25)10-13/h4-7,9-10,14H,1-3,8,11H2,(H2,21,22,25,26). The Morgan fingerprint density at radius 1 is 1.33 bits per heavy atom. The van der Waals surface area contributed by atoms with Gasteiger partial charge in [0.15, 0.2) is 0 Å². The van der Waals surface area contributed by atoms with Gasteiger partial charge in [0.1, 0.15) is 11.5 Å². The van der Waals surface area contributed by atoms with Gasteiger partial charge < -0.3 is 15.0 Å². The van der Waals surface area contributed by atoms with Crippen LogP contribution >= 0.6 is 0 Å². The van der Waals surface area contributed by atoms with Crippen LogP contribution in [0.3, 0.4) is 0 Å². The number of aromatic amines is 1. The first-order chi connectivity index (χ1) is 13.1. The first kappa shape index (κ1) is 17.4. The number of benzene rings is 1. The highest BCUT2D eigenvalue weighted by molar-refractivity contribution is 6.11. The molecule has 3 heterocycles. The summed E-state index contributed by atoms with van der Waals surface area (Å²) in [6.45, 7) is 1.10. The lowest BCUT2D eigenvalue weighted by atomic mass is 10.1. The Labute approximate surface area is 154 Å². The Hall–Kier alpha value is -3.00. The summed E-state index contributed by atoms with van der Waals surface area (Å²) in [5.74, 6) is -0.826. The second kappa shape index (κ2) is 7.32. The second-order valence-corrected chi connectivity index (χ2v) is 6.58. The number of halogens is 1. The van der Waals surface area contributed by atoms with E-state index < -0.39 is 11.7 Å². The normalized spacial score (nSPS) is 17.1. The van der Waals surface area contributed by atoms with Crippen LogP contribution in [0.5, 0.6) is 0 Å². The SMILES string of the molecule is O=C(Nc1cc[nH]c(=O)c1)c1c2ccc(F)cc2nn1CC1CCCCO1. The van der Waals surface area contributed by atoms with Crippen molar-refractivity contribution < 1.29 is 13.9 Å². The van der Waals surface area contributed by atoms with E-state index >= 15 is 0 Å². The number of H-pyrrole nitrogens is 1. The number of rotatable bonds is 4. The third-order valence-corrected chi connectivity index (χ3v) is 4.60. The molecule has 1 aliphatic rings. The van der Waals surface area contributed by atoms with Gasteiger partial charge in [0.2, 0.25) is 5.56 Å². The van der Waals surface area contributed by atoms with Gasteiger partial charge in [-0.3, -0.25) is 14.3 Å². The minimum atomic E-state index is -0.414. The number of pyridine rings is 1. The number of amides is 1. The molecular weight excluding hydrogens is 351 g/mol. The van der Waals surface area contributed by atoms with E-state index in [-0.39, 0.29) is 11.7 Å². The Morgan fingerprint density at radius 3 is 3.00 bits per heavy atom. The third kappa shape index (κ3) is 3.75. The number of fused-ring (bicyclic) bond motifs is 1. The van der Waals surface area contributed by atoms with Crippen LogP contribution in [0.25, 0.3) is 10.9 Å². The van der Waals surface area contributed by atoms with E-state index in [9.17, 15) is 14.0 Å². The number of hydrogen-bond acceptors (Lipinski definition) is 4. The van der Waals surface area contributed by atoms with Crippen molar-refractivity contribution in [2.24, 2.45) is 0 Å². The summed E-state index contributed by atoms with van der Waals surface area (Å²) in [6.07, 6.45) is 4.40. The number of nitrogens with one attached hydrogen (secondary N) is 2. The van der Waals surface area contributed by atoms with E-state index in [2.05, 4.69) is 15.4 Å². The van der Waals surface area contributed by atoms with Crippen molar-refractivity contribution in [1.29, 1.82) is 0 Å². The molecule has 2 aromatic heterocycles. The van der Waals surface area contributed by atoms with Gasteiger partial charge >= 0.3 is 0 Å². The quantitative estimate of drug-likeness (QED) is 0.739. The van der Waals surface area contributed by atoms with Gasteiger partial charge in [0.05, 0.1) is 18.2 Å². The van der Waals surface area contributed by atoms with Crippen LogP contribution in [0.2, 0.25) is 0 Å². The summed E-state index contributed by atoms with van der Waals surface area (Å²) in [5, 5.41) is 7.68. The average Bonchev–Trinajstić information content (AvgIpc) is 2.99. The highest BCUT2D eigenvalue weighted by Crippen LogP contribution is 2.23. The van der Waals surface area contributed by atoms with E-state index in [1.54, 1.807) is 16.8 Å². The molecule has 1 unspecified atom stereocenters. The largest absolute Gasteiger partial charge is 0.376 e. The topological polar surface area (TPSA) is 89.0 Å². The Balaban J connectivity index is 1.70. The minimum absolute atomic E-state index is 0.0379. The molecule has 7 nitrogen and oxygen atoms in total. The van der Waals surface area contributed by atoms with Gasteiger partial charge in [-0.2, -0.15) is 5.10 Å². The van der Waals surface area contributed by atoms with Crippen LogP contribution < -0.4 is 10.9 Å². The van der Waals surface area contributed by atoms with Crippen molar-refractivity contribution >= 4 is 22.5 Å². The van der Waals surface area contributed by atoms with E-state index in [1.807, 2.05) is 0 Å². The van der Waals surface area contributed by atoms with Crippen molar-refractivity contribution in [1.82, 2.24) is 14.8 Å². The number of hydrogen-bond donors (Lipinski definition) is 2. The van der Waals surface area contributed by atoms with Crippen LogP contribution in [-0.2, 0) is 11.3 Å². The van der Waals surface area contributed by atoms with Crippen LogP contribution in [0.1, 0.15) is 29.8 Å². The molecule has 1 amide bonds. The lowest BCUT2D eigenvalue weighted by molar-refractivity contribution is 0.00379. The lowest BCUT2D eigenvalue weighted by Crippen LogP contribution is -2.28. The molecule has 1 saturated heterocycles. The van der Waals surface area contributed by atoms with Crippen LogP contribution in [0, 0.1) is 5.82 Å². The molecule has 1 atom stereocenters. The van der Waals surface area contributed by atoms with E-state index in [0.29, 0.717) is 35.4 Å². The molecule has 8 heteroatoms. The van der Waals surface area contributed by atoms with Crippen LogP contribution in [0.15, 0.2) is 41.3 Å². The highest BCUT2D eigenvalue weighted by Gasteiger charge is 2.23. The van der Waals surface area contributed by atoms with Crippen molar-refractivity contribution in [3.05, 3.63) is 58.4 Å². The smallest absolute Gasteiger partial charge is 0.274 e. The summed E-state index contributed by atoms with van der Waals surface area (Å²) in [7, 11) is 0. The monoisotopic (exact) mass is 370 g/mol. The Kier molecular flexibility index (Phi) is 4.72. The zero-order valence-corrected chi connectivity index (χ0v) is 14.6. The molecule has 2 N–H and O–H groups in total. The summed E-state index contributed by atoms with van der Waals surface area (Å²) in [6, 6.07) is 7.03. The number of nitrogens with zero attached hydrogens (tertiary/aromatic N) is 2. The molecule has 1 aliphatic heterocycles. The van der Waals surface area contributed by atoms with Gasteiger partial charge in [0.25, 0.3) is 5.91 Å². The molecule has 0 bridgehead atoms. The third-order valence-electron chi connectivity index (χ3n) is 4.60. The lowest BCUT2D eigenvalue weighted by Gasteiger charge is -2.23. The number of carbonyl (C=O) groups excluding carboxylic acids is 1. The summed E-state index contributed by atoms with van der Waals surface area (Å²) in [4.78, 5) is 26.9. The maximum absolute atomic E-state index is 13.6. The summed E-state index contributed by atoms with van der Waals surface area (Å²) >= 11 is 0. The van der Waals surface area contributed by atoms with Crippen LogP contribution in [0.4, 0.5) is 10.1 Å². The van der Waals surface area contributed by atoms with E-state index in [0.717, 1.165) is 19.3 Å². The molecule has 1 aromatic carbocycles. The highest BCUT2D eigenvalue weighted by atomic mass is 19.1. The molecule has 0 radical (unpaired) electrons. The molecule has 4 rings (SSSR count). The zero-order valence-electron chi connectivity index (χ0n) is 14.6. The molecule has 3 aromatic rings. The van der Waals surface area contributed by atoms with Gasteiger partial charge in [-0.15, -0.1) is 0 Å². The van der Waals surface area contributed by atoms with Gasteiger partial charge in [-0.1, -0.05) is 0 Å². The number of anilines is 1. The fourth-order valence-electron chi connectivity index (χ4n) is 3.34.